The summed E-state index contributed by atoms with van der Waals surface area (Å²) in [5, 5.41) is 0. The number of benzene rings is 2. The predicted molar refractivity (Wildman–Crippen MR) is 124 cm³/mol. The summed E-state index contributed by atoms with van der Waals surface area (Å²) >= 11 is 0. The Morgan fingerprint density at radius 3 is 2.35 bits per heavy atom. The molecule has 2 aliphatic rings. The first-order valence-electron chi connectivity index (χ1n) is 11.6. The summed E-state index contributed by atoms with van der Waals surface area (Å²) in [6.45, 7) is 2.83. The normalized spacial score (nSPS) is 20.6. The van der Waals surface area contributed by atoms with Crippen LogP contribution in [0.5, 0.6) is 0 Å². The van der Waals surface area contributed by atoms with Crippen LogP contribution < -0.4 is 4.90 Å². The highest BCUT2D eigenvalue weighted by molar-refractivity contribution is 5.94. The Balaban J connectivity index is 1.30. The van der Waals surface area contributed by atoms with Gasteiger partial charge in [-0.15, -0.1) is 0 Å². The molecule has 2 saturated heterocycles. The molecule has 2 fully saturated rings. The number of carbonyl (C=O) groups is 1. The number of likely N-dealkylation sites (tertiary alicyclic amines) is 1. The Kier molecular flexibility index (Phi) is 5.83. The summed E-state index contributed by atoms with van der Waals surface area (Å²) in [4.78, 5) is 27.3. The quantitative estimate of drug-likeness (QED) is 0.610. The molecule has 1 atom stereocenters. The Labute approximate surface area is 184 Å². The summed E-state index contributed by atoms with van der Waals surface area (Å²) in [5.41, 5.74) is 2.71. The Morgan fingerprint density at radius 2 is 1.55 bits per heavy atom. The molecule has 160 valence electrons. The molecule has 3 aromatic rings. The molecule has 31 heavy (non-hydrogen) atoms. The van der Waals surface area contributed by atoms with E-state index in [4.69, 9.17) is 4.98 Å². The fourth-order valence-corrected chi connectivity index (χ4v) is 5.24. The minimum atomic E-state index is 0.204. The highest BCUT2D eigenvalue weighted by atomic mass is 16.2. The van der Waals surface area contributed by atoms with E-state index in [0.717, 1.165) is 67.7 Å². The van der Waals surface area contributed by atoms with Gasteiger partial charge in [-0.1, -0.05) is 43.2 Å². The summed E-state index contributed by atoms with van der Waals surface area (Å²) < 4.78 is 0. The van der Waals surface area contributed by atoms with Crippen molar-refractivity contribution in [1.29, 1.82) is 0 Å². The Hall–Kier alpha value is -2.95. The van der Waals surface area contributed by atoms with Gasteiger partial charge in [-0.2, -0.15) is 0 Å². The molecule has 5 rings (SSSR count). The number of amides is 1. The maximum absolute atomic E-state index is 13.3. The van der Waals surface area contributed by atoms with Crippen molar-refractivity contribution in [3.63, 3.8) is 0 Å². The largest absolute Gasteiger partial charge is 0.355 e. The number of para-hydroxylation sites is 2. The average molecular weight is 415 g/mol. The second-order valence-electron chi connectivity index (χ2n) is 8.82. The van der Waals surface area contributed by atoms with Gasteiger partial charge in [0.1, 0.15) is 5.82 Å². The summed E-state index contributed by atoms with van der Waals surface area (Å²) in [6.07, 6.45) is 8.77. The van der Waals surface area contributed by atoms with Crippen molar-refractivity contribution in [2.45, 2.75) is 44.6 Å². The van der Waals surface area contributed by atoms with Crippen molar-refractivity contribution in [2.24, 2.45) is 5.92 Å². The fraction of sp³-hybridized carbons (Fsp3) is 0.423. The molecule has 0 radical (unpaired) electrons. The van der Waals surface area contributed by atoms with Crippen molar-refractivity contribution in [3.05, 3.63) is 66.4 Å². The van der Waals surface area contributed by atoms with Gasteiger partial charge in [0.25, 0.3) is 5.91 Å². The van der Waals surface area contributed by atoms with Crippen LogP contribution in [0.2, 0.25) is 0 Å². The lowest BCUT2D eigenvalue weighted by atomic mass is 9.86. The third-order valence-corrected chi connectivity index (χ3v) is 6.92. The Bertz CT molecular complexity index is 1030. The highest BCUT2D eigenvalue weighted by Crippen LogP contribution is 2.32. The van der Waals surface area contributed by atoms with E-state index in [1.54, 1.807) is 0 Å². The van der Waals surface area contributed by atoms with Gasteiger partial charge in [0.05, 0.1) is 17.2 Å². The number of hydrogen-bond acceptors (Lipinski definition) is 4. The van der Waals surface area contributed by atoms with E-state index < -0.39 is 0 Å². The van der Waals surface area contributed by atoms with E-state index in [9.17, 15) is 4.79 Å². The molecule has 0 spiro atoms. The van der Waals surface area contributed by atoms with Crippen LogP contribution in [0, 0.1) is 5.92 Å². The molecular weight excluding hydrogens is 384 g/mol. The van der Waals surface area contributed by atoms with Crippen LogP contribution in [-0.4, -0.2) is 46.5 Å². The van der Waals surface area contributed by atoms with Crippen LogP contribution in [0.4, 0.5) is 5.82 Å². The topological polar surface area (TPSA) is 49.3 Å². The second kappa shape index (κ2) is 9.04. The lowest BCUT2D eigenvalue weighted by Crippen LogP contribution is -2.48. The first-order chi connectivity index (χ1) is 15.3. The van der Waals surface area contributed by atoms with E-state index in [1.165, 1.54) is 12.8 Å². The van der Waals surface area contributed by atoms with Gasteiger partial charge in [-0.05, 0) is 55.9 Å². The molecular formula is C26H30N4O. The molecule has 1 amide bonds. The van der Waals surface area contributed by atoms with E-state index in [0.29, 0.717) is 12.0 Å². The smallest absolute Gasteiger partial charge is 0.254 e. The van der Waals surface area contributed by atoms with Gasteiger partial charge in [0.2, 0.25) is 0 Å². The molecule has 0 saturated carbocycles. The van der Waals surface area contributed by atoms with E-state index in [2.05, 4.69) is 14.8 Å². The number of fused-ring (bicyclic) bond motifs is 1. The van der Waals surface area contributed by atoms with Crippen LogP contribution in [0.1, 0.15) is 48.9 Å². The van der Waals surface area contributed by atoms with Gasteiger partial charge < -0.3 is 9.80 Å². The maximum Gasteiger partial charge on any atom is 0.254 e. The van der Waals surface area contributed by atoms with Gasteiger partial charge in [-0.3, -0.25) is 9.78 Å². The van der Waals surface area contributed by atoms with Gasteiger partial charge in [0.15, 0.2) is 0 Å². The van der Waals surface area contributed by atoms with Crippen LogP contribution in [0.3, 0.4) is 0 Å². The van der Waals surface area contributed by atoms with Crippen LogP contribution in [-0.2, 0) is 0 Å². The van der Waals surface area contributed by atoms with Crippen molar-refractivity contribution in [2.75, 3.05) is 24.5 Å². The second-order valence-corrected chi connectivity index (χ2v) is 8.82. The van der Waals surface area contributed by atoms with Gasteiger partial charge in [0, 0.05) is 31.2 Å². The molecule has 0 bridgehead atoms. The van der Waals surface area contributed by atoms with Crippen molar-refractivity contribution in [1.82, 2.24) is 14.9 Å². The molecule has 2 aliphatic heterocycles. The van der Waals surface area contributed by atoms with Crippen LogP contribution in [0.25, 0.3) is 11.0 Å². The lowest BCUT2D eigenvalue weighted by Gasteiger charge is -2.41. The molecule has 3 heterocycles. The van der Waals surface area contributed by atoms with Crippen molar-refractivity contribution in [3.8, 4) is 0 Å². The Morgan fingerprint density at radius 1 is 0.806 bits per heavy atom. The monoisotopic (exact) mass is 414 g/mol. The number of hydrogen-bond donors (Lipinski definition) is 0. The van der Waals surface area contributed by atoms with Gasteiger partial charge in [-0.25, -0.2) is 4.98 Å². The summed E-state index contributed by atoms with van der Waals surface area (Å²) in [5.74, 6) is 1.72. The molecule has 5 nitrogen and oxygen atoms in total. The number of carbonyl (C=O) groups excluding carboxylic acids is 1. The third-order valence-electron chi connectivity index (χ3n) is 6.92. The molecule has 0 aliphatic carbocycles. The zero-order valence-electron chi connectivity index (χ0n) is 18.0. The molecule has 2 aromatic carbocycles. The van der Waals surface area contributed by atoms with Crippen molar-refractivity contribution < 1.29 is 4.79 Å². The molecule has 0 unspecified atom stereocenters. The van der Waals surface area contributed by atoms with Crippen LogP contribution >= 0.6 is 0 Å². The number of rotatable bonds is 3. The first-order valence-corrected chi connectivity index (χ1v) is 11.6. The summed E-state index contributed by atoms with van der Waals surface area (Å²) in [7, 11) is 0. The number of anilines is 1. The minimum Gasteiger partial charge on any atom is -0.355 e. The van der Waals surface area contributed by atoms with Crippen molar-refractivity contribution >= 4 is 22.8 Å². The minimum absolute atomic E-state index is 0.204. The molecule has 5 heteroatoms. The van der Waals surface area contributed by atoms with E-state index in [-0.39, 0.29) is 5.91 Å². The van der Waals surface area contributed by atoms with Gasteiger partial charge >= 0.3 is 0 Å². The predicted octanol–water partition coefficient (Wildman–Crippen LogP) is 4.93. The molecule has 1 aromatic heterocycles. The SMILES string of the molecule is O=C(c1ccccc1)N1CCCCC[C@H]1C1CCN(c2cnc3ccccc3n2)CC1. The zero-order chi connectivity index (χ0) is 21.0. The summed E-state index contributed by atoms with van der Waals surface area (Å²) in [6, 6.07) is 18.2. The number of aromatic nitrogens is 2. The maximum atomic E-state index is 13.3. The number of piperidine rings is 1. The van der Waals surface area contributed by atoms with E-state index in [1.807, 2.05) is 60.8 Å². The standard InChI is InChI=1S/C26H30N4O/c31-26(21-9-3-1-4-10-21)30-16-8-2-5-13-24(30)20-14-17-29(18-15-20)25-19-27-22-11-6-7-12-23(22)28-25/h1,3-4,6-7,9-12,19-20,24H,2,5,8,13-18H2/t24-/m0/s1. The lowest BCUT2D eigenvalue weighted by molar-refractivity contribution is 0.0588. The van der Waals surface area contributed by atoms with Crippen LogP contribution in [0.15, 0.2) is 60.8 Å². The number of nitrogens with zero attached hydrogens (tertiary/aromatic N) is 4. The first kappa shape index (κ1) is 20.0. The average Bonchev–Trinajstić information content (AvgIpc) is 3.10. The third kappa shape index (κ3) is 4.27. The molecule has 0 N–H and O–H groups in total. The zero-order valence-corrected chi connectivity index (χ0v) is 18.0. The fourth-order valence-electron chi connectivity index (χ4n) is 5.24. The highest BCUT2D eigenvalue weighted by Gasteiger charge is 2.34. The van der Waals surface area contributed by atoms with E-state index >= 15 is 0 Å².